The Labute approximate surface area is 277 Å². The van der Waals surface area contributed by atoms with Gasteiger partial charge in [0.05, 0.1) is 0 Å². The molecule has 0 aliphatic rings. The van der Waals surface area contributed by atoms with Crippen LogP contribution in [-0.4, -0.2) is 0 Å². The maximum Gasteiger partial charge on any atom is 0.143 e. The first-order valence-corrected chi connectivity index (χ1v) is 16.4. The molecule has 0 bridgehead atoms. The molecule has 9 aromatic carbocycles. The molecule has 0 amide bonds. The van der Waals surface area contributed by atoms with Crippen LogP contribution in [-0.2, 0) is 0 Å². The second-order valence-corrected chi connectivity index (χ2v) is 12.6. The van der Waals surface area contributed by atoms with Gasteiger partial charge in [-0.1, -0.05) is 121 Å². The van der Waals surface area contributed by atoms with Gasteiger partial charge in [-0.15, -0.1) is 0 Å². The van der Waals surface area contributed by atoms with Crippen molar-refractivity contribution in [1.82, 2.24) is 0 Å². The average Bonchev–Trinajstić information content (AvgIpc) is 3.54. The summed E-state index contributed by atoms with van der Waals surface area (Å²) in [6, 6.07) is 63.4. The molecule has 0 saturated carbocycles. The first-order chi connectivity index (χ1) is 23.8. The normalized spacial score (nSPS) is 11.8. The molecule has 0 spiro atoms. The molecule has 0 atom stereocenters. The van der Waals surface area contributed by atoms with Crippen LogP contribution >= 0.6 is 0 Å². The SMILES string of the molecule is c1ccc(-c2ccc(N(c3ccc4c(ccc5c6ccccc6oc45)c3)c3ccc4c(ccc5ccc6ccccc6c54)c3)cc2)cc1. The van der Waals surface area contributed by atoms with Gasteiger partial charge in [-0.05, 0) is 103 Å². The maximum absolute atomic E-state index is 6.39. The second-order valence-electron chi connectivity index (χ2n) is 12.6. The minimum absolute atomic E-state index is 0.917. The fourth-order valence-electron chi connectivity index (χ4n) is 7.48. The Kier molecular flexibility index (Phi) is 5.91. The molecule has 2 heteroatoms. The summed E-state index contributed by atoms with van der Waals surface area (Å²) in [6.07, 6.45) is 0. The van der Waals surface area contributed by atoms with E-state index in [-0.39, 0.29) is 0 Å². The van der Waals surface area contributed by atoms with E-state index in [1.165, 1.54) is 43.4 Å². The Morgan fingerprint density at radius 3 is 1.69 bits per heavy atom. The highest BCUT2D eigenvalue weighted by Crippen LogP contribution is 2.42. The average molecular weight is 612 g/mol. The smallest absolute Gasteiger partial charge is 0.143 e. The summed E-state index contributed by atoms with van der Waals surface area (Å²) in [5, 5.41) is 12.1. The lowest BCUT2D eigenvalue weighted by molar-refractivity contribution is 0.672. The topological polar surface area (TPSA) is 16.4 Å². The van der Waals surface area contributed by atoms with E-state index in [9.17, 15) is 0 Å². The van der Waals surface area contributed by atoms with Crippen LogP contribution < -0.4 is 4.90 Å². The predicted octanol–water partition coefficient (Wildman–Crippen LogP) is 13.3. The number of rotatable bonds is 4. The molecule has 0 aliphatic carbocycles. The molecule has 224 valence electrons. The minimum Gasteiger partial charge on any atom is -0.455 e. The van der Waals surface area contributed by atoms with Crippen LogP contribution in [0, 0.1) is 0 Å². The molecule has 48 heavy (non-hydrogen) atoms. The Bertz CT molecular complexity index is 2830. The van der Waals surface area contributed by atoms with Crippen molar-refractivity contribution in [3.63, 3.8) is 0 Å². The predicted molar refractivity (Wildman–Crippen MR) is 204 cm³/mol. The summed E-state index contributed by atoms with van der Waals surface area (Å²) in [5.74, 6) is 0. The Morgan fingerprint density at radius 2 is 0.875 bits per heavy atom. The van der Waals surface area contributed by atoms with Crippen molar-refractivity contribution in [3.05, 3.63) is 176 Å². The first kappa shape index (κ1) is 26.8. The van der Waals surface area contributed by atoms with E-state index in [4.69, 9.17) is 4.42 Å². The van der Waals surface area contributed by atoms with Crippen LogP contribution in [0.1, 0.15) is 0 Å². The molecule has 10 aromatic rings. The van der Waals surface area contributed by atoms with Crippen molar-refractivity contribution in [2.24, 2.45) is 0 Å². The summed E-state index contributed by atoms with van der Waals surface area (Å²) in [6.45, 7) is 0. The molecule has 1 aromatic heterocycles. The Balaban J connectivity index is 1.17. The summed E-state index contributed by atoms with van der Waals surface area (Å²) < 4.78 is 6.39. The molecule has 0 N–H and O–H groups in total. The van der Waals surface area contributed by atoms with Crippen molar-refractivity contribution in [2.75, 3.05) is 4.90 Å². The van der Waals surface area contributed by atoms with Crippen LogP contribution in [0.2, 0.25) is 0 Å². The van der Waals surface area contributed by atoms with E-state index in [1.54, 1.807) is 0 Å². The Hall–Kier alpha value is -6.38. The van der Waals surface area contributed by atoms with Crippen molar-refractivity contribution in [1.29, 1.82) is 0 Å². The van der Waals surface area contributed by atoms with Gasteiger partial charge < -0.3 is 9.32 Å². The van der Waals surface area contributed by atoms with Gasteiger partial charge in [-0.25, -0.2) is 0 Å². The molecule has 10 rings (SSSR count). The lowest BCUT2D eigenvalue weighted by Crippen LogP contribution is -2.10. The number of anilines is 3. The monoisotopic (exact) mass is 611 g/mol. The third-order valence-electron chi connectivity index (χ3n) is 9.80. The summed E-state index contributed by atoms with van der Waals surface area (Å²) in [4.78, 5) is 2.36. The van der Waals surface area contributed by atoms with Gasteiger partial charge in [0.15, 0.2) is 0 Å². The zero-order chi connectivity index (χ0) is 31.6. The summed E-state index contributed by atoms with van der Waals surface area (Å²) in [7, 11) is 0. The van der Waals surface area contributed by atoms with Gasteiger partial charge in [0, 0.05) is 33.2 Å². The van der Waals surface area contributed by atoms with E-state index in [0.717, 1.165) is 49.8 Å². The number of furan rings is 1. The highest BCUT2D eigenvalue weighted by Gasteiger charge is 2.17. The van der Waals surface area contributed by atoms with Gasteiger partial charge in [-0.2, -0.15) is 0 Å². The quantitative estimate of drug-likeness (QED) is 0.184. The van der Waals surface area contributed by atoms with Crippen LogP contribution in [0.5, 0.6) is 0 Å². The highest BCUT2D eigenvalue weighted by atomic mass is 16.3. The van der Waals surface area contributed by atoms with Crippen LogP contribution in [0.4, 0.5) is 17.1 Å². The van der Waals surface area contributed by atoms with Crippen molar-refractivity contribution < 1.29 is 4.42 Å². The van der Waals surface area contributed by atoms with E-state index in [0.29, 0.717) is 0 Å². The van der Waals surface area contributed by atoms with Gasteiger partial charge in [-0.3, -0.25) is 0 Å². The first-order valence-electron chi connectivity index (χ1n) is 16.4. The zero-order valence-electron chi connectivity index (χ0n) is 26.1. The lowest BCUT2D eigenvalue weighted by atomic mass is 9.96. The molecule has 0 radical (unpaired) electrons. The van der Waals surface area contributed by atoms with E-state index in [2.05, 4.69) is 169 Å². The zero-order valence-corrected chi connectivity index (χ0v) is 26.1. The van der Waals surface area contributed by atoms with Gasteiger partial charge in [0.25, 0.3) is 0 Å². The fourth-order valence-corrected chi connectivity index (χ4v) is 7.48. The van der Waals surface area contributed by atoms with E-state index in [1.807, 2.05) is 12.1 Å². The number of para-hydroxylation sites is 1. The molecule has 0 unspecified atom stereocenters. The van der Waals surface area contributed by atoms with Crippen molar-refractivity contribution in [2.45, 2.75) is 0 Å². The van der Waals surface area contributed by atoms with Crippen LogP contribution in [0.15, 0.2) is 180 Å². The second kappa shape index (κ2) is 10.6. The highest BCUT2D eigenvalue weighted by molar-refractivity contribution is 6.20. The number of hydrogen-bond acceptors (Lipinski definition) is 2. The molecule has 1 heterocycles. The molecular formula is C46H29NO. The molecule has 0 saturated heterocycles. The van der Waals surface area contributed by atoms with E-state index >= 15 is 0 Å². The van der Waals surface area contributed by atoms with Crippen LogP contribution in [0.25, 0.3) is 76.2 Å². The molecule has 2 nitrogen and oxygen atoms in total. The minimum atomic E-state index is 0.917. The van der Waals surface area contributed by atoms with Crippen molar-refractivity contribution >= 4 is 82.1 Å². The Morgan fingerprint density at radius 1 is 0.333 bits per heavy atom. The largest absolute Gasteiger partial charge is 0.455 e. The number of hydrogen-bond donors (Lipinski definition) is 0. The third-order valence-corrected chi connectivity index (χ3v) is 9.80. The number of nitrogens with zero attached hydrogens (tertiary/aromatic N) is 1. The van der Waals surface area contributed by atoms with Crippen LogP contribution in [0.3, 0.4) is 0 Å². The molecule has 0 fully saturated rings. The van der Waals surface area contributed by atoms with Gasteiger partial charge in [0.2, 0.25) is 0 Å². The molecular weight excluding hydrogens is 583 g/mol. The molecule has 0 aliphatic heterocycles. The lowest BCUT2D eigenvalue weighted by Gasteiger charge is -2.26. The third kappa shape index (κ3) is 4.20. The number of fused-ring (bicyclic) bond motifs is 10. The summed E-state index contributed by atoms with van der Waals surface area (Å²) >= 11 is 0. The maximum atomic E-state index is 6.39. The fraction of sp³-hybridized carbons (Fsp3) is 0. The van der Waals surface area contributed by atoms with E-state index < -0.39 is 0 Å². The number of benzene rings is 9. The standard InChI is InChI=1S/C46H29NO/c1-2-8-30(9-3-1)31-18-21-36(22-19-31)47(38-24-27-41-35(29-38)20-25-43-42-12-6-7-13-44(42)48-46(41)43)37-23-26-40-34(28-37)17-16-33-15-14-32-10-4-5-11-39(32)45(33)40/h1-29H. The van der Waals surface area contributed by atoms with Crippen molar-refractivity contribution in [3.8, 4) is 11.1 Å². The van der Waals surface area contributed by atoms with Gasteiger partial charge in [0.1, 0.15) is 11.2 Å². The summed E-state index contributed by atoms with van der Waals surface area (Å²) in [5.41, 5.74) is 7.56. The van der Waals surface area contributed by atoms with Gasteiger partial charge >= 0.3 is 0 Å².